The Balaban J connectivity index is 1.46. The number of nitrogens with one attached hydrogen (secondary N) is 1. The van der Waals surface area contributed by atoms with Gasteiger partial charge in [0.05, 0.1) is 31.3 Å². The van der Waals surface area contributed by atoms with Gasteiger partial charge in [-0.2, -0.15) is 18.3 Å². The van der Waals surface area contributed by atoms with E-state index in [-0.39, 0.29) is 17.9 Å². The van der Waals surface area contributed by atoms with E-state index in [4.69, 9.17) is 4.74 Å². The van der Waals surface area contributed by atoms with E-state index in [9.17, 15) is 18.0 Å². The summed E-state index contributed by atoms with van der Waals surface area (Å²) in [6.45, 7) is 0.863. The molecule has 0 aliphatic heterocycles. The third-order valence-electron chi connectivity index (χ3n) is 6.48. The predicted molar refractivity (Wildman–Crippen MR) is 145 cm³/mol. The van der Waals surface area contributed by atoms with E-state index >= 15 is 0 Å². The van der Waals surface area contributed by atoms with Gasteiger partial charge < -0.3 is 10.1 Å². The predicted octanol–water partition coefficient (Wildman–Crippen LogP) is 7.10. The first-order valence-electron chi connectivity index (χ1n) is 12.4. The fraction of sp³-hybridized carbons (Fsp3) is 0.161. The molecule has 0 aliphatic carbocycles. The minimum atomic E-state index is -4.52. The van der Waals surface area contributed by atoms with Crippen molar-refractivity contribution in [2.24, 2.45) is 0 Å². The molecular weight excluding hydrogens is 503 g/mol. The zero-order chi connectivity index (χ0) is 27.4. The molecule has 0 saturated heterocycles. The molecule has 5 nitrogen and oxygen atoms in total. The third kappa shape index (κ3) is 5.95. The largest absolute Gasteiger partial charge is 0.469 e. The molecule has 1 N–H and O–H groups in total. The van der Waals surface area contributed by atoms with E-state index in [1.54, 1.807) is 10.7 Å². The van der Waals surface area contributed by atoms with Crippen LogP contribution in [0.25, 0.3) is 22.2 Å². The molecule has 198 valence electrons. The summed E-state index contributed by atoms with van der Waals surface area (Å²) in [6.07, 6.45) is -4.30. The molecule has 1 aromatic heterocycles. The van der Waals surface area contributed by atoms with Crippen LogP contribution < -0.4 is 5.32 Å². The van der Waals surface area contributed by atoms with Gasteiger partial charge in [0.15, 0.2) is 0 Å². The number of aromatic nitrogens is 2. The average molecular weight is 530 g/mol. The Hall–Kier alpha value is -4.59. The van der Waals surface area contributed by atoms with Crippen molar-refractivity contribution < 1.29 is 22.7 Å². The van der Waals surface area contributed by atoms with Crippen molar-refractivity contribution in [3.63, 3.8) is 0 Å². The molecule has 1 heterocycles. The van der Waals surface area contributed by atoms with Crippen LogP contribution in [0.1, 0.15) is 22.3 Å². The minimum absolute atomic E-state index is 0.0682. The summed E-state index contributed by atoms with van der Waals surface area (Å²) in [6, 6.07) is 29.0. The van der Waals surface area contributed by atoms with Gasteiger partial charge in [0.25, 0.3) is 0 Å². The molecule has 0 bridgehead atoms. The average Bonchev–Trinajstić information content (AvgIpc) is 3.30. The molecule has 0 amide bonds. The van der Waals surface area contributed by atoms with Gasteiger partial charge in [0.2, 0.25) is 0 Å². The van der Waals surface area contributed by atoms with Crippen LogP contribution >= 0.6 is 0 Å². The SMILES string of the molecule is COC(=O)Cc1ccc(CNc2cccc(-c3c4cccc(C(F)(F)F)c4nn3Cc3ccccc3)c2)cc1. The van der Waals surface area contributed by atoms with Crippen LogP contribution in [0.15, 0.2) is 97.1 Å². The monoisotopic (exact) mass is 529 g/mol. The fourth-order valence-corrected chi connectivity index (χ4v) is 4.55. The Kier molecular flexibility index (Phi) is 7.36. The number of methoxy groups -OCH3 is 1. The standard InChI is InChI=1S/C31H26F3N3O2/c1-39-28(38)17-21-13-15-22(16-14-21)19-35-25-10-5-9-24(18-25)30-26-11-6-12-27(31(32,33)34)29(26)36-37(30)20-23-7-3-2-4-8-23/h2-16,18,35H,17,19-20H2,1H3. The Morgan fingerprint density at radius 2 is 1.59 bits per heavy atom. The molecule has 4 aromatic carbocycles. The van der Waals surface area contributed by atoms with Gasteiger partial charge in [-0.1, -0.05) is 78.9 Å². The smallest absolute Gasteiger partial charge is 0.418 e. The van der Waals surface area contributed by atoms with Crippen LogP contribution in [0.3, 0.4) is 0 Å². The summed E-state index contributed by atoms with van der Waals surface area (Å²) < 4.78 is 47.9. The van der Waals surface area contributed by atoms with Crippen molar-refractivity contribution in [3.8, 4) is 11.3 Å². The highest BCUT2D eigenvalue weighted by molar-refractivity contribution is 5.95. The van der Waals surface area contributed by atoms with Crippen LogP contribution in [0.5, 0.6) is 0 Å². The van der Waals surface area contributed by atoms with Gasteiger partial charge in [-0.3, -0.25) is 9.48 Å². The maximum Gasteiger partial charge on any atom is 0.418 e. The van der Waals surface area contributed by atoms with Crippen molar-refractivity contribution in [3.05, 3.63) is 119 Å². The van der Waals surface area contributed by atoms with Gasteiger partial charge in [0.1, 0.15) is 5.52 Å². The molecular formula is C31H26F3N3O2. The van der Waals surface area contributed by atoms with Crippen molar-refractivity contribution >= 4 is 22.6 Å². The first-order chi connectivity index (χ1) is 18.8. The Morgan fingerprint density at radius 1 is 0.872 bits per heavy atom. The van der Waals surface area contributed by atoms with E-state index in [2.05, 4.69) is 10.4 Å². The summed E-state index contributed by atoms with van der Waals surface area (Å²) >= 11 is 0. The second kappa shape index (κ2) is 11.0. The number of carbonyl (C=O) groups excluding carboxylic acids is 1. The van der Waals surface area contributed by atoms with Gasteiger partial charge in [-0.25, -0.2) is 0 Å². The molecule has 0 fully saturated rings. The lowest BCUT2D eigenvalue weighted by Crippen LogP contribution is -2.07. The van der Waals surface area contributed by atoms with Crippen molar-refractivity contribution in [2.75, 3.05) is 12.4 Å². The lowest BCUT2D eigenvalue weighted by atomic mass is 10.0. The number of anilines is 1. The van der Waals surface area contributed by atoms with Crippen LogP contribution in [0.4, 0.5) is 18.9 Å². The Bertz CT molecular complexity index is 1590. The highest BCUT2D eigenvalue weighted by Crippen LogP contribution is 2.38. The van der Waals surface area contributed by atoms with Crippen LogP contribution in [0, 0.1) is 0 Å². The molecule has 5 rings (SSSR count). The molecule has 0 saturated carbocycles. The summed E-state index contributed by atoms with van der Waals surface area (Å²) in [5.41, 5.74) is 4.19. The topological polar surface area (TPSA) is 56.1 Å². The molecule has 8 heteroatoms. The number of nitrogens with zero attached hydrogens (tertiary/aromatic N) is 2. The summed E-state index contributed by atoms with van der Waals surface area (Å²) in [5, 5.41) is 8.28. The second-order valence-electron chi connectivity index (χ2n) is 9.20. The molecule has 39 heavy (non-hydrogen) atoms. The number of carbonyl (C=O) groups is 1. The van der Waals surface area contributed by atoms with E-state index in [0.29, 0.717) is 24.2 Å². The number of halogens is 3. The zero-order valence-corrected chi connectivity index (χ0v) is 21.2. The number of benzene rings is 4. The zero-order valence-electron chi connectivity index (χ0n) is 21.2. The van der Waals surface area contributed by atoms with E-state index in [1.165, 1.54) is 13.2 Å². The van der Waals surface area contributed by atoms with E-state index < -0.39 is 11.7 Å². The Morgan fingerprint density at radius 3 is 2.31 bits per heavy atom. The number of esters is 1. The van der Waals surface area contributed by atoms with Gasteiger partial charge in [-0.15, -0.1) is 0 Å². The number of alkyl halides is 3. The molecule has 0 unspecified atom stereocenters. The highest BCUT2D eigenvalue weighted by atomic mass is 19.4. The van der Waals surface area contributed by atoms with Gasteiger partial charge in [0, 0.05) is 23.2 Å². The van der Waals surface area contributed by atoms with E-state index in [0.717, 1.165) is 34.0 Å². The maximum atomic E-state index is 13.8. The minimum Gasteiger partial charge on any atom is -0.469 e. The molecule has 0 radical (unpaired) electrons. The number of fused-ring (bicyclic) bond motifs is 1. The number of hydrogen-bond acceptors (Lipinski definition) is 4. The van der Waals surface area contributed by atoms with Crippen LogP contribution in [0.2, 0.25) is 0 Å². The number of hydrogen-bond donors (Lipinski definition) is 1. The van der Waals surface area contributed by atoms with Crippen molar-refractivity contribution in [1.29, 1.82) is 0 Å². The number of ether oxygens (including phenoxy) is 1. The molecule has 5 aromatic rings. The fourth-order valence-electron chi connectivity index (χ4n) is 4.55. The summed E-state index contributed by atoms with van der Waals surface area (Å²) in [4.78, 5) is 11.5. The third-order valence-corrected chi connectivity index (χ3v) is 6.48. The van der Waals surface area contributed by atoms with Gasteiger partial charge >= 0.3 is 12.1 Å². The normalized spacial score (nSPS) is 11.5. The molecule has 0 spiro atoms. The van der Waals surface area contributed by atoms with Crippen LogP contribution in [-0.2, 0) is 35.2 Å². The summed E-state index contributed by atoms with van der Waals surface area (Å²) in [7, 11) is 1.36. The number of rotatable bonds is 8. The lowest BCUT2D eigenvalue weighted by Gasteiger charge is -2.12. The second-order valence-corrected chi connectivity index (χ2v) is 9.20. The van der Waals surface area contributed by atoms with Crippen LogP contribution in [-0.4, -0.2) is 22.9 Å². The van der Waals surface area contributed by atoms with E-state index in [1.807, 2.05) is 78.9 Å². The lowest BCUT2D eigenvalue weighted by molar-refractivity contribution is -0.140. The summed E-state index contributed by atoms with van der Waals surface area (Å²) in [5.74, 6) is -0.293. The highest BCUT2D eigenvalue weighted by Gasteiger charge is 2.34. The maximum absolute atomic E-state index is 13.8. The van der Waals surface area contributed by atoms with Crippen molar-refractivity contribution in [1.82, 2.24) is 9.78 Å². The van der Waals surface area contributed by atoms with Gasteiger partial charge in [-0.05, 0) is 34.9 Å². The first-order valence-corrected chi connectivity index (χ1v) is 12.4. The Labute approximate surface area is 223 Å². The molecule has 0 atom stereocenters. The van der Waals surface area contributed by atoms with Crippen molar-refractivity contribution in [2.45, 2.75) is 25.7 Å². The first kappa shape index (κ1) is 26.0. The quantitative estimate of drug-likeness (QED) is 0.218. The molecule has 0 aliphatic rings.